The normalized spacial score (nSPS) is 11.6. The zero-order valence-corrected chi connectivity index (χ0v) is 11.9. The quantitative estimate of drug-likeness (QED) is 0.775. The molecule has 0 spiro atoms. The minimum Gasteiger partial charge on any atom is -0.313 e. The average Bonchev–Trinajstić information content (AvgIpc) is 2.47. The monoisotopic (exact) mass is 293 g/mol. The molecule has 2 aromatic carbocycles. The van der Waals surface area contributed by atoms with Crippen molar-refractivity contribution in [3.63, 3.8) is 0 Å². The maximum absolute atomic E-state index is 13.0. The van der Waals surface area contributed by atoms with Gasteiger partial charge in [0.25, 0.3) is 0 Å². The highest BCUT2D eigenvalue weighted by Gasteiger charge is 2.33. The van der Waals surface area contributed by atoms with Crippen LogP contribution in [-0.2, 0) is 12.7 Å². The van der Waals surface area contributed by atoms with Crippen molar-refractivity contribution in [2.75, 3.05) is 6.54 Å². The van der Waals surface area contributed by atoms with Crippen LogP contribution >= 0.6 is 0 Å². The van der Waals surface area contributed by atoms with Crippen LogP contribution in [0.25, 0.3) is 11.1 Å². The summed E-state index contributed by atoms with van der Waals surface area (Å²) in [6.45, 7) is 3.75. The Labute approximate surface area is 122 Å². The van der Waals surface area contributed by atoms with Crippen LogP contribution in [0.3, 0.4) is 0 Å². The third kappa shape index (κ3) is 4.08. The lowest BCUT2D eigenvalue weighted by Crippen LogP contribution is -2.13. The minimum atomic E-state index is -4.34. The molecule has 21 heavy (non-hydrogen) atoms. The zero-order valence-electron chi connectivity index (χ0n) is 11.9. The predicted octanol–water partition coefficient (Wildman–Crippen LogP) is 4.87. The third-order valence-corrected chi connectivity index (χ3v) is 3.25. The Morgan fingerprint density at radius 1 is 0.952 bits per heavy atom. The molecule has 0 amide bonds. The summed E-state index contributed by atoms with van der Waals surface area (Å²) in [5.74, 6) is 0. The number of rotatable bonds is 5. The molecule has 0 radical (unpaired) electrons. The van der Waals surface area contributed by atoms with Gasteiger partial charge in [0.1, 0.15) is 0 Å². The molecule has 0 heterocycles. The maximum atomic E-state index is 13.0. The summed E-state index contributed by atoms with van der Waals surface area (Å²) in [6, 6.07) is 12.9. The molecule has 1 N–H and O–H groups in total. The first-order valence-corrected chi connectivity index (χ1v) is 6.98. The number of hydrogen-bond acceptors (Lipinski definition) is 1. The van der Waals surface area contributed by atoms with E-state index in [0.717, 1.165) is 31.1 Å². The van der Waals surface area contributed by atoms with Crippen LogP contribution in [0.2, 0.25) is 0 Å². The van der Waals surface area contributed by atoms with Crippen LogP contribution in [0.15, 0.2) is 48.5 Å². The Balaban J connectivity index is 2.23. The summed E-state index contributed by atoms with van der Waals surface area (Å²) >= 11 is 0. The van der Waals surface area contributed by atoms with E-state index >= 15 is 0 Å². The molecule has 0 saturated heterocycles. The molecule has 0 aliphatic carbocycles. The van der Waals surface area contributed by atoms with Crippen molar-refractivity contribution in [1.82, 2.24) is 5.32 Å². The lowest BCUT2D eigenvalue weighted by atomic mass is 9.98. The van der Waals surface area contributed by atoms with Crippen LogP contribution in [0.4, 0.5) is 13.2 Å². The Hall–Kier alpha value is -1.81. The second-order valence-corrected chi connectivity index (χ2v) is 4.92. The minimum absolute atomic E-state index is 0.220. The molecule has 0 unspecified atom stereocenters. The van der Waals surface area contributed by atoms with E-state index in [9.17, 15) is 13.2 Å². The number of halogens is 3. The summed E-state index contributed by atoms with van der Waals surface area (Å²) in [7, 11) is 0. The summed E-state index contributed by atoms with van der Waals surface area (Å²) in [5.41, 5.74) is 1.28. The van der Waals surface area contributed by atoms with Crippen LogP contribution in [0.5, 0.6) is 0 Å². The summed E-state index contributed by atoms with van der Waals surface area (Å²) < 4.78 is 39.0. The zero-order chi connectivity index (χ0) is 15.3. The average molecular weight is 293 g/mol. The van der Waals surface area contributed by atoms with Crippen molar-refractivity contribution in [2.24, 2.45) is 0 Å². The van der Waals surface area contributed by atoms with Crippen molar-refractivity contribution >= 4 is 0 Å². The summed E-state index contributed by atoms with van der Waals surface area (Å²) in [6.07, 6.45) is -3.28. The second-order valence-electron chi connectivity index (χ2n) is 4.92. The summed E-state index contributed by atoms with van der Waals surface area (Å²) in [5, 5.41) is 3.27. The molecule has 0 fully saturated rings. The van der Waals surface area contributed by atoms with Gasteiger partial charge in [0.2, 0.25) is 0 Å². The van der Waals surface area contributed by atoms with E-state index in [2.05, 4.69) is 12.2 Å². The second kappa shape index (κ2) is 6.76. The SMILES string of the molecule is CCCNCc1ccc(-c2ccccc2C(F)(F)F)cc1. The lowest BCUT2D eigenvalue weighted by Gasteiger charge is -2.13. The molecule has 4 heteroatoms. The Morgan fingerprint density at radius 3 is 2.24 bits per heavy atom. The fraction of sp³-hybridized carbons (Fsp3) is 0.294. The van der Waals surface area contributed by atoms with E-state index in [1.165, 1.54) is 12.1 Å². The van der Waals surface area contributed by atoms with Crippen molar-refractivity contribution in [2.45, 2.75) is 26.1 Å². The molecule has 112 valence electrons. The molecule has 0 atom stereocenters. The molecule has 2 aromatic rings. The van der Waals surface area contributed by atoms with E-state index < -0.39 is 11.7 Å². The van der Waals surface area contributed by atoms with E-state index in [0.29, 0.717) is 5.56 Å². The number of nitrogens with one attached hydrogen (secondary N) is 1. The van der Waals surface area contributed by atoms with Gasteiger partial charge in [-0.15, -0.1) is 0 Å². The molecule has 0 aromatic heterocycles. The fourth-order valence-corrected chi connectivity index (χ4v) is 2.19. The standard InChI is InChI=1S/C17H18F3N/c1-2-11-21-12-13-7-9-14(10-8-13)15-5-3-4-6-16(15)17(18,19)20/h3-10,21H,2,11-12H2,1H3. The Kier molecular flexibility index (Phi) is 5.02. The van der Waals surface area contributed by atoms with Crippen LogP contribution in [0.1, 0.15) is 24.5 Å². The number of alkyl halides is 3. The first-order valence-electron chi connectivity index (χ1n) is 6.98. The van der Waals surface area contributed by atoms with Gasteiger partial charge in [-0.05, 0) is 35.7 Å². The van der Waals surface area contributed by atoms with E-state index in [1.807, 2.05) is 12.1 Å². The fourth-order valence-electron chi connectivity index (χ4n) is 2.19. The van der Waals surface area contributed by atoms with Crippen molar-refractivity contribution in [3.05, 3.63) is 59.7 Å². The van der Waals surface area contributed by atoms with Crippen LogP contribution in [0, 0.1) is 0 Å². The van der Waals surface area contributed by atoms with Gasteiger partial charge in [-0.25, -0.2) is 0 Å². The van der Waals surface area contributed by atoms with Gasteiger partial charge in [0.05, 0.1) is 5.56 Å². The van der Waals surface area contributed by atoms with Gasteiger partial charge in [0.15, 0.2) is 0 Å². The predicted molar refractivity (Wildman–Crippen MR) is 78.9 cm³/mol. The van der Waals surface area contributed by atoms with Crippen molar-refractivity contribution < 1.29 is 13.2 Å². The van der Waals surface area contributed by atoms with Crippen LogP contribution in [-0.4, -0.2) is 6.54 Å². The largest absolute Gasteiger partial charge is 0.417 e. The van der Waals surface area contributed by atoms with E-state index in [4.69, 9.17) is 0 Å². The molecular formula is C17H18F3N. The highest BCUT2D eigenvalue weighted by atomic mass is 19.4. The van der Waals surface area contributed by atoms with Crippen molar-refractivity contribution in [3.8, 4) is 11.1 Å². The molecule has 2 rings (SSSR count). The summed E-state index contributed by atoms with van der Waals surface area (Å²) in [4.78, 5) is 0. The smallest absolute Gasteiger partial charge is 0.313 e. The lowest BCUT2D eigenvalue weighted by molar-refractivity contribution is -0.137. The Morgan fingerprint density at radius 2 is 1.62 bits per heavy atom. The third-order valence-electron chi connectivity index (χ3n) is 3.25. The molecular weight excluding hydrogens is 275 g/mol. The van der Waals surface area contributed by atoms with Gasteiger partial charge in [-0.1, -0.05) is 49.4 Å². The highest BCUT2D eigenvalue weighted by Crippen LogP contribution is 2.36. The maximum Gasteiger partial charge on any atom is 0.417 e. The van der Waals surface area contributed by atoms with Crippen LogP contribution < -0.4 is 5.32 Å². The molecule has 0 aliphatic rings. The van der Waals surface area contributed by atoms with Gasteiger partial charge in [-0.2, -0.15) is 13.2 Å². The Bertz CT molecular complexity index is 573. The molecule has 0 bridgehead atoms. The number of hydrogen-bond donors (Lipinski definition) is 1. The van der Waals surface area contributed by atoms with Gasteiger partial charge >= 0.3 is 6.18 Å². The van der Waals surface area contributed by atoms with E-state index in [-0.39, 0.29) is 5.56 Å². The highest BCUT2D eigenvalue weighted by molar-refractivity contribution is 5.68. The van der Waals surface area contributed by atoms with Gasteiger partial charge in [-0.3, -0.25) is 0 Å². The molecule has 0 aliphatic heterocycles. The first-order chi connectivity index (χ1) is 10.0. The topological polar surface area (TPSA) is 12.0 Å². The molecule has 0 saturated carbocycles. The van der Waals surface area contributed by atoms with E-state index in [1.54, 1.807) is 18.2 Å². The van der Waals surface area contributed by atoms with Crippen molar-refractivity contribution in [1.29, 1.82) is 0 Å². The van der Waals surface area contributed by atoms with Gasteiger partial charge in [0, 0.05) is 6.54 Å². The number of benzene rings is 2. The van der Waals surface area contributed by atoms with Gasteiger partial charge < -0.3 is 5.32 Å². The molecule has 1 nitrogen and oxygen atoms in total. The first kappa shape index (κ1) is 15.6.